The quantitative estimate of drug-likeness (QED) is 0.564. The molecule has 8 heteroatoms. The lowest BCUT2D eigenvalue weighted by Gasteiger charge is -2.11. The second-order valence-electron chi connectivity index (χ2n) is 6.70. The van der Waals surface area contributed by atoms with Crippen molar-refractivity contribution >= 4 is 50.1 Å². The number of fused-ring (bicyclic) bond motifs is 1. The lowest BCUT2D eigenvalue weighted by molar-refractivity contribution is 0.0854. The van der Waals surface area contributed by atoms with Gasteiger partial charge in [-0.2, -0.15) is 0 Å². The molecule has 2 heterocycles. The number of carbonyl (C=O) groups excluding carboxylic acids is 1. The first-order chi connectivity index (χ1) is 14.0. The van der Waals surface area contributed by atoms with Gasteiger partial charge in [-0.05, 0) is 55.3 Å². The van der Waals surface area contributed by atoms with Crippen LogP contribution in [0.2, 0.25) is 5.02 Å². The number of carbonyl (C=O) groups is 1. The van der Waals surface area contributed by atoms with Crippen molar-refractivity contribution in [2.45, 2.75) is 18.9 Å². The van der Waals surface area contributed by atoms with E-state index in [1.54, 1.807) is 12.1 Å². The molecule has 0 spiro atoms. The summed E-state index contributed by atoms with van der Waals surface area (Å²) < 4.78 is 25.8. The van der Waals surface area contributed by atoms with Crippen molar-refractivity contribution < 1.29 is 18.3 Å². The molecule has 1 N–H and O–H groups in total. The van der Waals surface area contributed by atoms with Gasteiger partial charge in [-0.3, -0.25) is 4.79 Å². The number of amides is 1. The number of hydrogen-bond donors (Lipinski definition) is 1. The third-order valence-electron chi connectivity index (χ3n) is 4.60. The number of ether oxygens (including phenoxy) is 1. The van der Waals surface area contributed by atoms with Crippen LogP contribution in [0.4, 0.5) is 10.1 Å². The summed E-state index contributed by atoms with van der Waals surface area (Å²) in [5.41, 5.74) is 1.34. The van der Waals surface area contributed by atoms with Crippen LogP contribution in [0.3, 0.4) is 0 Å². The largest absolute Gasteiger partial charge is 0.438 e. The monoisotopic (exact) mass is 478 g/mol. The first-order valence-electron chi connectivity index (χ1n) is 9.12. The normalized spacial score (nSPS) is 17.1. The summed E-state index contributed by atoms with van der Waals surface area (Å²) in [6, 6.07) is 11.3. The minimum Gasteiger partial charge on any atom is -0.438 e. The van der Waals surface area contributed by atoms with Gasteiger partial charge in [0.2, 0.25) is 5.55 Å². The molecule has 0 radical (unpaired) electrons. The third-order valence-corrected chi connectivity index (χ3v) is 5.38. The summed E-state index contributed by atoms with van der Waals surface area (Å²) in [6.07, 6.45) is 1.92. The Morgan fingerprint density at radius 3 is 2.90 bits per heavy atom. The van der Waals surface area contributed by atoms with Gasteiger partial charge < -0.3 is 14.5 Å². The Labute approximate surface area is 179 Å². The van der Waals surface area contributed by atoms with Crippen molar-refractivity contribution in [3.8, 4) is 0 Å². The van der Waals surface area contributed by atoms with Crippen LogP contribution < -0.4 is 10.9 Å². The average Bonchev–Trinajstić information content (AvgIpc) is 3.22. The van der Waals surface area contributed by atoms with E-state index in [0.717, 1.165) is 22.7 Å². The van der Waals surface area contributed by atoms with E-state index < -0.39 is 5.82 Å². The van der Waals surface area contributed by atoms with Crippen LogP contribution in [0.25, 0.3) is 11.0 Å². The highest BCUT2D eigenvalue weighted by atomic mass is 79.9. The van der Waals surface area contributed by atoms with Gasteiger partial charge in [0.1, 0.15) is 17.0 Å². The second kappa shape index (κ2) is 8.65. The maximum atomic E-state index is 13.5. The van der Waals surface area contributed by atoms with Crippen molar-refractivity contribution in [1.82, 2.24) is 5.32 Å². The summed E-state index contributed by atoms with van der Waals surface area (Å²) in [4.78, 5) is 17.3. The van der Waals surface area contributed by atoms with Crippen molar-refractivity contribution in [1.29, 1.82) is 0 Å². The van der Waals surface area contributed by atoms with Crippen molar-refractivity contribution in [2.75, 3.05) is 13.2 Å². The van der Waals surface area contributed by atoms with E-state index in [0.29, 0.717) is 24.4 Å². The van der Waals surface area contributed by atoms with E-state index in [-0.39, 0.29) is 28.2 Å². The first-order valence-corrected chi connectivity index (χ1v) is 10.3. The summed E-state index contributed by atoms with van der Waals surface area (Å²) in [5.74, 6) is -0.862. The van der Waals surface area contributed by atoms with E-state index in [2.05, 4.69) is 26.2 Å². The molecule has 1 aliphatic rings. The molecule has 2 aromatic carbocycles. The first kappa shape index (κ1) is 20.1. The molecular weight excluding hydrogens is 463 g/mol. The van der Waals surface area contributed by atoms with Gasteiger partial charge in [-0.15, -0.1) is 0 Å². The van der Waals surface area contributed by atoms with E-state index in [9.17, 15) is 9.18 Å². The van der Waals surface area contributed by atoms with Crippen LogP contribution in [-0.4, -0.2) is 25.2 Å². The van der Waals surface area contributed by atoms with Gasteiger partial charge in [0.25, 0.3) is 5.91 Å². The molecule has 1 saturated heterocycles. The van der Waals surface area contributed by atoms with Gasteiger partial charge >= 0.3 is 0 Å². The Kier molecular flexibility index (Phi) is 5.99. The standard InChI is InChI=1S/C21H17BrClFN2O3/c22-13-3-6-19-12(8-13)9-16(20(27)25-11-15-2-1-7-28-15)21(29-19)26-14-4-5-18(24)17(23)10-14/h3-6,8-10,15H,1-2,7,11H2,(H,25,27). The van der Waals surface area contributed by atoms with E-state index in [4.69, 9.17) is 20.8 Å². The molecule has 1 aromatic heterocycles. The van der Waals surface area contributed by atoms with Crippen LogP contribution >= 0.6 is 27.5 Å². The Balaban J connectivity index is 1.76. The third kappa shape index (κ3) is 4.69. The van der Waals surface area contributed by atoms with Crippen LogP contribution in [-0.2, 0) is 4.74 Å². The van der Waals surface area contributed by atoms with Crippen LogP contribution in [0, 0.1) is 5.82 Å². The number of halogens is 3. The minimum atomic E-state index is -0.541. The summed E-state index contributed by atoms with van der Waals surface area (Å²) >= 11 is 9.28. The van der Waals surface area contributed by atoms with Crippen LogP contribution in [0.1, 0.15) is 23.2 Å². The molecule has 5 nitrogen and oxygen atoms in total. The molecule has 0 bridgehead atoms. The van der Waals surface area contributed by atoms with Crippen LogP contribution in [0.5, 0.6) is 0 Å². The fourth-order valence-corrected chi connectivity index (χ4v) is 3.68. The van der Waals surface area contributed by atoms with Gasteiger partial charge in [0.05, 0.1) is 16.8 Å². The molecule has 3 aromatic rings. The summed E-state index contributed by atoms with van der Waals surface area (Å²) in [7, 11) is 0. The Morgan fingerprint density at radius 2 is 2.14 bits per heavy atom. The maximum absolute atomic E-state index is 13.5. The zero-order chi connectivity index (χ0) is 20.4. The fourth-order valence-electron chi connectivity index (χ4n) is 3.13. The van der Waals surface area contributed by atoms with Crippen molar-refractivity contribution in [3.63, 3.8) is 0 Å². The second-order valence-corrected chi connectivity index (χ2v) is 8.03. The SMILES string of the molecule is O=C(NCC1CCCO1)c1cc2cc(Br)ccc2oc1=Nc1ccc(F)c(Cl)c1. The summed E-state index contributed by atoms with van der Waals surface area (Å²) in [5, 5.41) is 3.58. The van der Waals surface area contributed by atoms with Crippen molar-refractivity contribution in [2.24, 2.45) is 4.99 Å². The lowest BCUT2D eigenvalue weighted by Crippen LogP contribution is -2.34. The highest BCUT2D eigenvalue weighted by molar-refractivity contribution is 9.10. The smallest absolute Gasteiger partial charge is 0.256 e. The maximum Gasteiger partial charge on any atom is 0.256 e. The average molecular weight is 480 g/mol. The molecule has 4 rings (SSSR count). The summed E-state index contributed by atoms with van der Waals surface area (Å²) in [6.45, 7) is 1.13. The van der Waals surface area contributed by atoms with E-state index >= 15 is 0 Å². The molecule has 1 fully saturated rings. The van der Waals surface area contributed by atoms with Crippen LogP contribution in [0.15, 0.2) is 56.3 Å². The molecule has 29 heavy (non-hydrogen) atoms. The number of benzene rings is 2. The minimum absolute atomic E-state index is 0.0155. The predicted octanol–water partition coefficient (Wildman–Crippen LogP) is 5.13. The van der Waals surface area contributed by atoms with Gasteiger partial charge in [-0.1, -0.05) is 27.5 Å². The molecule has 150 valence electrons. The van der Waals surface area contributed by atoms with E-state index in [1.807, 2.05) is 12.1 Å². The highest BCUT2D eigenvalue weighted by Crippen LogP contribution is 2.23. The van der Waals surface area contributed by atoms with Gasteiger partial charge in [0, 0.05) is 23.0 Å². The molecule has 1 atom stereocenters. The molecule has 1 unspecified atom stereocenters. The number of nitrogens with zero attached hydrogens (tertiary/aromatic N) is 1. The Hall–Kier alpha value is -2.22. The number of rotatable bonds is 4. The lowest BCUT2D eigenvalue weighted by atomic mass is 10.1. The molecular formula is C21H17BrClFN2O3. The fraction of sp³-hybridized carbons (Fsp3) is 0.238. The van der Waals surface area contributed by atoms with Gasteiger partial charge in [-0.25, -0.2) is 9.38 Å². The molecule has 1 aliphatic heterocycles. The topological polar surface area (TPSA) is 63.8 Å². The molecule has 1 amide bonds. The Morgan fingerprint density at radius 1 is 1.28 bits per heavy atom. The molecule has 0 saturated carbocycles. The zero-order valence-corrected chi connectivity index (χ0v) is 17.6. The Bertz CT molecular complexity index is 1140. The molecule has 0 aliphatic carbocycles. The predicted molar refractivity (Wildman–Crippen MR) is 112 cm³/mol. The number of nitrogens with one attached hydrogen (secondary N) is 1. The van der Waals surface area contributed by atoms with Crippen molar-refractivity contribution in [3.05, 3.63) is 68.9 Å². The zero-order valence-electron chi connectivity index (χ0n) is 15.3. The van der Waals surface area contributed by atoms with E-state index in [1.165, 1.54) is 18.2 Å². The number of hydrogen-bond acceptors (Lipinski definition) is 4. The highest BCUT2D eigenvalue weighted by Gasteiger charge is 2.18. The van der Waals surface area contributed by atoms with Gasteiger partial charge in [0.15, 0.2) is 0 Å².